The Bertz CT molecular complexity index is 214. The highest BCUT2D eigenvalue weighted by atomic mass is 35.5. The van der Waals surface area contributed by atoms with Gasteiger partial charge in [-0.05, 0) is 12.7 Å². The Morgan fingerprint density at radius 2 is 2.13 bits per heavy atom. The van der Waals surface area contributed by atoms with Crippen molar-refractivity contribution in [3.05, 3.63) is 0 Å². The average Bonchev–Trinajstić information content (AvgIpc) is 2.17. The van der Waals surface area contributed by atoms with Crippen LogP contribution in [0.15, 0.2) is 0 Å². The maximum atomic E-state index is 11.3. The molecule has 15 heavy (non-hydrogen) atoms. The number of urea groups is 1. The summed E-state index contributed by atoms with van der Waals surface area (Å²) in [5.74, 6) is 0.718. The van der Waals surface area contributed by atoms with Crippen molar-refractivity contribution in [2.24, 2.45) is 0 Å². The normalized spacial score (nSPS) is 11.9. The van der Waals surface area contributed by atoms with Gasteiger partial charge in [0.2, 0.25) is 5.91 Å². The Balaban J connectivity index is 3.84. The minimum Gasteiger partial charge on any atom is -0.334 e. The zero-order valence-corrected chi connectivity index (χ0v) is 10.6. The lowest BCUT2D eigenvalue weighted by atomic mass is 10.3. The van der Waals surface area contributed by atoms with E-state index < -0.39 is 6.03 Å². The van der Waals surface area contributed by atoms with E-state index in [1.165, 1.54) is 0 Å². The lowest BCUT2D eigenvalue weighted by Gasteiger charge is -2.15. The zero-order valence-electron chi connectivity index (χ0n) is 9.01. The van der Waals surface area contributed by atoms with Crippen LogP contribution in [0.5, 0.6) is 0 Å². The minimum atomic E-state index is -0.439. The summed E-state index contributed by atoms with van der Waals surface area (Å²) in [7, 11) is 0. The number of imide groups is 1. The number of halogens is 1. The summed E-state index contributed by atoms with van der Waals surface area (Å²) in [6, 6.07) is -0.338. The highest BCUT2D eigenvalue weighted by molar-refractivity contribution is 7.98. The second kappa shape index (κ2) is 8.85. The second-order valence-electron chi connectivity index (χ2n) is 3.02. The van der Waals surface area contributed by atoms with E-state index in [0.29, 0.717) is 0 Å². The van der Waals surface area contributed by atoms with E-state index in [0.717, 1.165) is 12.2 Å². The van der Waals surface area contributed by atoms with Crippen LogP contribution in [0.25, 0.3) is 0 Å². The third-order valence-electron chi connectivity index (χ3n) is 1.77. The number of amides is 3. The molecule has 0 aliphatic rings. The van der Waals surface area contributed by atoms with Crippen molar-refractivity contribution < 1.29 is 9.59 Å². The Morgan fingerprint density at radius 3 is 2.60 bits per heavy atom. The Labute approximate surface area is 99.5 Å². The van der Waals surface area contributed by atoms with Crippen LogP contribution in [-0.2, 0) is 4.79 Å². The van der Waals surface area contributed by atoms with Crippen LogP contribution in [0.3, 0.4) is 0 Å². The molecule has 2 N–H and O–H groups in total. The molecule has 0 fully saturated rings. The molecule has 3 amide bonds. The standard InChI is InChI=1S/C9H17ClN2O2S/c1-3-7(6-15-2)11-9(14)12-8(13)4-5-10/h7H,3-6H2,1-2H3,(H2,11,12,13,14). The minimum absolute atomic E-state index is 0.101. The molecule has 6 heteroatoms. The molecule has 1 unspecified atom stereocenters. The summed E-state index contributed by atoms with van der Waals surface area (Å²) < 4.78 is 0. The Kier molecular flexibility index (Phi) is 8.61. The first-order chi connectivity index (χ1) is 7.13. The van der Waals surface area contributed by atoms with E-state index in [-0.39, 0.29) is 24.2 Å². The van der Waals surface area contributed by atoms with Gasteiger partial charge in [0, 0.05) is 24.1 Å². The fraction of sp³-hybridized carbons (Fsp3) is 0.778. The lowest BCUT2D eigenvalue weighted by molar-refractivity contribution is -0.119. The van der Waals surface area contributed by atoms with Crippen LogP contribution in [0.2, 0.25) is 0 Å². The van der Waals surface area contributed by atoms with E-state index in [1.807, 2.05) is 13.2 Å². The molecule has 0 aromatic carbocycles. The molecule has 0 saturated carbocycles. The maximum absolute atomic E-state index is 11.3. The van der Waals surface area contributed by atoms with Crippen molar-refractivity contribution in [1.82, 2.24) is 10.6 Å². The molecule has 4 nitrogen and oxygen atoms in total. The number of hydrogen-bond donors (Lipinski definition) is 2. The first kappa shape index (κ1) is 14.6. The molecule has 0 aliphatic carbocycles. The molecule has 0 heterocycles. The number of alkyl halides is 1. The molecule has 0 bridgehead atoms. The van der Waals surface area contributed by atoms with Gasteiger partial charge in [-0.15, -0.1) is 11.6 Å². The van der Waals surface area contributed by atoms with E-state index in [9.17, 15) is 9.59 Å². The molecule has 0 aliphatic heterocycles. The molecular weight excluding hydrogens is 236 g/mol. The van der Waals surface area contributed by atoms with Gasteiger partial charge in [-0.2, -0.15) is 11.8 Å². The molecule has 0 saturated heterocycles. The quantitative estimate of drug-likeness (QED) is 0.706. The summed E-state index contributed by atoms with van der Waals surface area (Å²) in [4.78, 5) is 22.3. The van der Waals surface area contributed by atoms with Crippen molar-refractivity contribution in [2.75, 3.05) is 17.9 Å². The highest BCUT2D eigenvalue weighted by Gasteiger charge is 2.11. The smallest absolute Gasteiger partial charge is 0.321 e. The Hall–Kier alpha value is -0.420. The molecule has 0 spiro atoms. The van der Waals surface area contributed by atoms with Crippen LogP contribution in [0, 0.1) is 0 Å². The summed E-state index contributed by atoms with van der Waals surface area (Å²) >= 11 is 7.02. The van der Waals surface area contributed by atoms with E-state index in [4.69, 9.17) is 11.6 Å². The number of carbonyl (C=O) groups is 2. The summed E-state index contributed by atoms with van der Waals surface area (Å²) in [6.07, 6.45) is 2.98. The first-order valence-corrected chi connectivity index (χ1v) is 6.72. The fourth-order valence-electron chi connectivity index (χ4n) is 0.959. The second-order valence-corrected chi connectivity index (χ2v) is 4.31. The van der Waals surface area contributed by atoms with Gasteiger partial charge < -0.3 is 5.32 Å². The van der Waals surface area contributed by atoms with Gasteiger partial charge in [0.1, 0.15) is 0 Å². The lowest BCUT2D eigenvalue weighted by Crippen LogP contribution is -2.45. The number of rotatable bonds is 6. The molecule has 88 valence electrons. The highest BCUT2D eigenvalue weighted by Crippen LogP contribution is 2.00. The summed E-state index contributed by atoms with van der Waals surface area (Å²) in [5.41, 5.74) is 0. The number of hydrogen-bond acceptors (Lipinski definition) is 3. The molecule has 1 atom stereocenters. The van der Waals surface area contributed by atoms with E-state index in [1.54, 1.807) is 11.8 Å². The van der Waals surface area contributed by atoms with Crippen LogP contribution < -0.4 is 10.6 Å². The molecule has 0 aromatic rings. The van der Waals surface area contributed by atoms with Gasteiger partial charge in [0.15, 0.2) is 0 Å². The SMILES string of the molecule is CCC(CSC)NC(=O)NC(=O)CCCl. The van der Waals surface area contributed by atoms with Gasteiger partial charge in [-0.1, -0.05) is 6.92 Å². The first-order valence-electron chi connectivity index (χ1n) is 4.79. The number of thioether (sulfide) groups is 1. The molecule has 0 aromatic heterocycles. The predicted octanol–water partition coefficient (Wildman–Crippen LogP) is 1.58. The largest absolute Gasteiger partial charge is 0.334 e. The van der Waals surface area contributed by atoms with Crippen molar-refractivity contribution in [2.45, 2.75) is 25.8 Å². The van der Waals surface area contributed by atoms with E-state index >= 15 is 0 Å². The van der Waals surface area contributed by atoms with Crippen molar-refractivity contribution >= 4 is 35.3 Å². The van der Waals surface area contributed by atoms with Gasteiger partial charge in [-0.25, -0.2) is 4.79 Å². The molecule has 0 radical (unpaired) electrons. The van der Waals surface area contributed by atoms with E-state index in [2.05, 4.69) is 10.6 Å². The number of carbonyl (C=O) groups excluding carboxylic acids is 2. The van der Waals surface area contributed by atoms with Crippen LogP contribution in [0.4, 0.5) is 4.79 Å². The van der Waals surface area contributed by atoms with Crippen molar-refractivity contribution in [1.29, 1.82) is 0 Å². The third kappa shape index (κ3) is 7.50. The summed E-state index contributed by atoms with van der Waals surface area (Å²) in [5, 5.41) is 4.94. The summed E-state index contributed by atoms with van der Waals surface area (Å²) in [6.45, 7) is 1.99. The Morgan fingerprint density at radius 1 is 1.47 bits per heavy atom. The van der Waals surface area contributed by atoms with Crippen LogP contribution >= 0.6 is 23.4 Å². The van der Waals surface area contributed by atoms with Gasteiger partial charge >= 0.3 is 6.03 Å². The van der Waals surface area contributed by atoms with Gasteiger partial charge in [-0.3, -0.25) is 10.1 Å². The molecule has 0 rings (SSSR count). The third-order valence-corrected chi connectivity index (χ3v) is 2.70. The molecular formula is C9H17ClN2O2S. The van der Waals surface area contributed by atoms with Crippen molar-refractivity contribution in [3.63, 3.8) is 0 Å². The monoisotopic (exact) mass is 252 g/mol. The fourth-order valence-corrected chi connectivity index (χ4v) is 1.85. The van der Waals surface area contributed by atoms with Gasteiger partial charge in [0.25, 0.3) is 0 Å². The number of nitrogens with one attached hydrogen (secondary N) is 2. The van der Waals surface area contributed by atoms with Crippen molar-refractivity contribution in [3.8, 4) is 0 Å². The maximum Gasteiger partial charge on any atom is 0.321 e. The van der Waals surface area contributed by atoms with Crippen LogP contribution in [-0.4, -0.2) is 35.9 Å². The topological polar surface area (TPSA) is 58.2 Å². The van der Waals surface area contributed by atoms with Gasteiger partial charge in [0.05, 0.1) is 0 Å². The van der Waals surface area contributed by atoms with Crippen LogP contribution in [0.1, 0.15) is 19.8 Å². The average molecular weight is 253 g/mol. The zero-order chi connectivity index (χ0) is 11.7. The predicted molar refractivity (Wildman–Crippen MR) is 64.5 cm³/mol.